The van der Waals surface area contributed by atoms with Gasteiger partial charge >= 0.3 is 0 Å². The number of guanidine groups is 1. The van der Waals surface area contributed by atoms with Gasteiger partial charge < -0.3 is 20.1 Å². The van der Waals surface area contributed by atoms with Crippen molar-refractivity contribution in [3.05, 3.63) is 23.8 Å². The second-order valence-electron chi connectivity index (χ2n) is 7.04. The molecule has 0 saturated heterocycles. The molecule has 1 atom stereocenters. The average Bonchev–Trinajstić information content (AvgIpc) is 3.50. The number of aliphatic imine (C=N–C) groups is 1. The zero-order valence-corrected chi connectivity index (χ0v) is 15.2. The van der Waals surface area contributed by atoms with E-state index in [9.17, 15) is 0 Å². The van der Waals surface area contributed by atoms with Gasteiger partial charge in [-0.1, -0.05) is 0 Å². The van der Waals surface area contributed by atoms with Crippen LogP contribution < -0.4 is 20.1 Å². The maximum Gasteiger partial charge on any atom is 0.191 e. The van der Waals surface area contributed by atoms with E-state index >= 15 is 0 Å². The standard InChI is InChI=1S/C19H29N3O2/c1-13(16-11-15(23-3)7-8-17(16)24-4)22-18(20-2)21-12-19(9-10-19)14-5-6-14/h7-8,11,13-14H,5-6,9-10,12H2,1-4H3,(H2,20,21,22). The van der Waals surface area contributed by atoms with Crippen LogP contribution in [0.2, 0.25) is 0 Å². The third-order valence-corrected chi connectivity index (χ3v) is 5.42. The van der Waals surface area contributed by atoms with Crippen molar-refractivity contribution in [2.75, 3.05) is 27.8 Å². The van der Waals surface area contributed by atoms with Crippen LogP contribution in [0.3, 0.4) is 0 Å². The fraction of sp³-hybridized carbons (Fsp3) is 0.632. The first-order chi connectivity index (χ1) is 11.6. The first-order valence-corrected chi connectivity index (χ1v) is 8.81. The van der Waals surface area contributed by atoms with Crippen molar-refractivity contribution in [2.24, 2.45) is 16.3 Å². The molecule has 1 aromatic rings. The lowest BCUT2D eigenvalue weighted by atomic mass is 10.0. The Balaban J connectivity index is 1.62. The van der Waals surface area contributed by atoms with Crippen molar-refractivity contribution in [3.8, 4) is 11.5 Å². The van der Waals surface area contributed by atoms with Gasteiger partial charge in [0.2, 0.25) is 0 Å². The molecule has 2 saturated carbocycles. The summed E-state index contributed by atoms with van der Waals surface area (Å²) in [7, 11) is 5.19. The highest BCUT2D eigenvalue weighted by Gasteiger charge is 2.53. The molecule has 3 rings (SSSR count). The van der Waals surface area contributed by atoms with Crippen LogP contribution in [0.4, 0.5) is 0 Å². The average molecular weight is 331 g/mol. The Kier molecular flexibility index (Phi) is 4.88. The van der Waals surface area contributed by atoms with E-state index in [0.29, 0.717) is 5.41 Å². The van der Waals surface area contributed by atoms with Gasteiger partial charge in [0.15, 0.2) is 5.96 Å². The summed E-state index contributed by atoms with van der Waals surface area (Å²) in [5.41, 5.74) is 1.61. The van der Waals surface area contributed by atoms with Gasteiger partial charge in [-0.05, 0) is 62.1 Å². The molecule has 0 radical (unpaired) electrons. The Labute approximate surface area is 144 Å². The third kappa shape index (κ3) is 3.60. The molecule has 0 aliphatic heterocycles. The second kappa shape index (κ2) is 6.91. The number of methoxy groups -OCH3 is 2. The van der Waals surface area contributed by atoms with Crippen molar-refractivity contribution in [2.45, 2.75) is 38.6 Å². The molecule has 5 nitrogen and oxygen atoms in total. The van der Waals surface area contributed by atoms with Gasteiger partial charge in [-0.2, -0.15) is 0 Å². The second-order valence-corrected chi connectivity index (χ2v) is 7.04. The molecule has 0 aromatic heterocycles. The molecule has 2 N–H and O–H groups in total. The van der Waals surface area contributed by atoms with E-state index in [1.807, 2.05) is 25.2 Å². The highest BCUT2D eigenvalue weighted by Crippen LogP contribution is 2.60. The SMILES string of the molecule is CN=C(NCC1(C2CC2)CC1)NC(C)c1cc(OC)ccc1OC. The molecule has 132 valence electrons. The van der Waals surface area contributed by atoms with Crippen LogP contribution >= 0.6 is 0 Å². The van der Waals surface area contributed by atoms with Crippen LogP contribution in [-0.4, -0.2) is 33.8 Å². The maximum atomic E-state index is 5.49. The Morgan fingerprint density at radius 2 is 2.04 bits per heavy atom. The smallest absolute Gasteiger partial charge is 0.191 e. The van der Waals surface area contributed by atoms with Crippen LogP contribution in [0.15, 0.2) is 23.2 Å². The van der Waals surface area contributed by atoms with Crippen molar-refractivity contribution in [1.29, 1.82) is 0 Å². The Morgan fingerprint density at radius 3 is 2.58 bits per heavy atom. The minimum atomic E-state index is 0.0670. The fourth-order valence-corrected chi connectivity index (χ4v) is 3.50. The summed E-state index contributed by atoms with van der Waals surface area (Å²) in [6.45, 7) is 3.14. The zero-order valence-electron chi connectivity index (χ0n) is 15.2. The lowest BCUT2D eigenvalue weighted by Crippen LogP contribution is -2.41. The van der Waals surface area contributed by atoms with E-state index in [4.69, 9.17) is 9.47 Å². The predicted octanol–water partition coefficient (Wildman–Crippen LogP) is 3.12. The molecule has 0 amide bonds. The first-order valence-electron chi connectivity index (χ1n) is 8.81. The van der Waals surface area contributed by atoms with Crippen LogP contribution in [0.5, 0.6) is 11.5 Å². The van der Waals surface area contributed by atoms with E-state index < -0.39 is 0 Å². The Hall–Kier alpha value is -1.91. The van der Waals surface area contributed by atoms with Crippen LogP contribution in [0.1, 0.15) is 44.2 Å². The summed E-state index contributed by atoms with van der Waals surface area (Å²) < 4.78 is 10.8. The minimum absolute atomic E-state index is 0.0670. The zero-order chi connectivity index (χ0) is 17.2. The van der Waals surface area contributed by atoms with Crippen molar-refractivity contribution >= 4 is 5.96 Å². The number of nitrogens with one attached hydrogen (secondary N) is 2. The summed E-state index contributed by atoms with van der Waals surface area (Å²) in [5.74, 6) is 3.47. The van der Waals surface area contributed by atoms with Gasteiger partial charge in [-0.15, -0.1) is 0 Å². The third-order valence-electron chi connectivity index (χ3n) is 5.42. The summed E-state index contributed by atoms with van der Waals surface area (Å²) in [6, 6.07) is 5.93. The first kappa shape index (κ1) is 16.9. The molecule has 24 heavy (non-hydrogen) atoms. The lowest BCUT2D eigenvalue weighted by Gasteiger charge is -2.22. The molecule has 2 aliphatic rings. The predicted molar refractivity (Wildman–Crippen MR) is 96.8 cm³/mol. The normalized spacial score (nSPS) is 20.2. The molecule has 0 spiro atoms. The minimum Gasteiger partial charge on any atom is -0.497 e. The van der Waals surface area contributed by atoms with E-state index in [2.05, 4.69) is 22.5 Å². The number of hydrogen-bond donors (Lipinski definition) is 2. The monoisotopic (exact) mass is 331 g/mol. The molecule has 5 heteroatoms. The van der Waals surface area contributed by atoms with Crippen LogP contribution in [0.25, 0.3) is 0 Å². The molecule has 0 heterocycles. The van der Waals surface area contributed by atoms with E-state index in [-0.39, 0.29) is 6.04 Å². The highest BCUT2D eigenvalue weighted by atomic mass is 16.5. The summed E-state index contributed by atoms with van der Waals surface area (Å²) in [5, 5.41) is 7.00. The Bertz CT molecular complexity index is 607. The number of rotatable bonds is 7. The number of hydrogen-bond acceptors (Lipinski definition) is 3. The number of nitrogens with zero attached hydrogens (tertiary/aromatic N) is 1. The van der Waals surface area contributed by atoms with Crippen LogP contribution in [-0.2, 0) is 0 Å². The molecule has 1 unspecified atom stereocenters. The van der Waals surface area contributed by atoms with Gasteiger partial charge in [0.1, 0.15) is 11.5 Å². The molecule has 2 fully saturated rings. The van der Waals surface area contributed by atoms with Crippen molar-refractivity contribution in [3.63, 3.8) is 0 Å². The molecule has 2 aliphatic carbocycles. The Morgan fingerprint density at radius 1 is 1.29 bits per heavy atom. The van der Waals surface area contributed by atoms with Gasteiger partial charge in [0.05, 0.1) is 20.3 Å². The van der Waals surface area contributed by atoms with Crippen molar-refractivity contribution in [1.82, 2.24) is 10.6 Å². The summed E-state index contributed by atoms with van der Waals surface area (Å²) in [6.07, 6.45) is 5.54. The summed E-state index contributed by atoms with van der Waals surface area (Å²) in [4.78, 5) is 4.38. The van der Waals surface area contributed by atoms with Gasteiger partial charge in [0.25, 0.3) is 0 Å². The lowest BCUT2D eigenvalue weighted by molar-refractivity contribution is 0.394. The number of benzene rings is 1. The van der Waals surface area contributed by atoms with Crippen molar-refractivity contribution < 1.29 is 9.47 Å². The molecular formula is C19H29N3O2. The van der Waals surface area contributed by atoms with Crippen LogP contribution in [0, 0.1) is 11.3 Å². The number of ether oxygens (including phenoxy) is 2. The van der Waals surface area contributed by atoms with E-state index in [0.717, 1.165) is 35.5 Å². The molecule has 1 aromatic carbocycles. The molecule has 0 bridgehead atoms. The fourth-order valence-electron chi connectivity index (χ4n) is 3.50. The summed E-state index contributed by atoms with van der Waals surface area (Å²) >= 11 is 0. The van der Waals surface area contributed by atoms with Gasteiger partial charge in [-0.3, -0.25) is 4.99 Å². The highest BCUT2D eigenvalue weighted by molar-refractivity contribution is 5.80. The largest absolute Gasteiger partial charge is 0.497 e. The molecular weight excluding hydrogens is 302 g/mol. The van der Waals surface area contributed by atoms with E-state index in [1.54, 1.807) is 14.2 Å². The van der Waals surface area contributed by atoms with Gasteiger partial charge in [-0.25, -0.2) is 0 Å². The topological polar surface area (TPSA) is 54.9 Å². The van der Waals surface area contributed by atoms with Gasteiger partial charge in [0, 0.05) is 19.2 Å². The quantitative estimate of drug-likeness (QED) is 0.595. The van der Waals surface area contributed by atoms with E-state index in [1.165, 1.54) is 25.7 Å². The maximum absolute atomic E-state index is 5.49.